The number of nitrogens with zero attached hydrogens (tertiary/aromatic N) is 2. The van der Waals surface area contributed by atoms with Gasteiger partial charge in [-0.05, 0) is 69.9 Å². The van der Waals surface area contributed by atoms with Gasteiger partial charge in [-0.15, -0.1) is 0 Å². The predicted octanol–water partition coefficient (Wildman–Crippen LogP) is 4.95. The maximum absolute atomic E-state index is 2.69. The average molecular weight is 321 g/mol. The average Bonchev–Trinajstić information content (AvgIpc) is 3.05. The van der Waals surface area contributed by atoms with E-state index in [2.05, 4.69) is 35.8 Å². The molecule has 4 heterocycles. The summed E-state index contributed by atoms with van der Waals surface area (Å²) in [5, 5.41) is 0. The van der Waals surface area contributed by atoms with Crippen molar-refractivity contribution in [2.24, 2.45) is 11.8 Å². The molecule has 4 rings (SSSR count). The molecule has 0 saturated carbocycles. The third kappa shape index (κ3) is 5.32. The minimum absolute atomic E-state index is 0.775. The van der Waals surface area contributed by atoms with Crippen LogP contribution in [0.4, 0.5) is 0 Å². The molecule has 4 unspecified atom stereocenters. The summed E-state index contributed by atoms with van der Waals surface area (Å²) in [4.78, 5) is 5.32. The highest BCUT2D eigenvalue weighted by Gasteiger charge is 2.29. The lowest BCUT2D eigenvalue weighted by Crippen LogP contribution is -2.44. The summed E-state index contributed by atoms with van der Waals surface area (Å²) in [5.74, 6) is 1.86. The fourth-order valence-electron chi connectivity index (χ4n) is 4.78. The molecule has 0 aliphatic carbocycles. The Bertz CT molecular complexity index is 352. The van der Waals surface area contributed by atoms with E-state index in [4.69, 9.17) is 0 Å². The van der Waals surface area contributed by atoms with Crippen LogP contribution in [0.15, 0.2) is 12.2 Å². The maximum Gasteiger partial charge on any atom is 0.0303 e. The van der Waals surface area contributed by atoms with E-state index in [9.17, 15) is 0 Å². The van der Waals surface area contributed by atoms with Crippen LogP contribution in [-0.2, 0) is 0 Å². The number of rotatable bonds is 0. The lowest BCUT2D eigenvalue weighted by Gasteiger charge is -2.40. The largest absolute Gasteiger partial charge is 0.300 e. The molecule has 0 amide bonds. The molecule has 0 aromatic carbocycles. The Kier molecular flexibility index (Phi) is 8.12. The highest BCUT2D eigenvalue weighted by atomic mass is 15.2. The van der Waals surface area contributed by atoms with Crippen LogP contribution in [0.5, 0.6) is 0 Å². The topological polar surface area (TPSA) is 6.48 Å². The van der Waals surface area contributed by atoms with Gasteiger partial charge in [-0.3, -0.25) is 4.90 Å². The maximum atomic E-state index is 2.69. The molecule has 0 aromatic rings. The van der Waals surface area contributed by atoms with Crippen LogP contribution in [-0.4, -0.2) is 48.1 Å². The Morgan fingerprint density at radius 1 is 0.826 bits per heavy atom. The fraction of sp³-hybridized carbons (Fsp3) is 0.905. The number of piperidine rings is 2. The second-order valence-electron chi connectivity index (χ2n) is 7.84. The smallest absolute Gasteiger partial charge is 0.0303 e. The van der Waals surface area contributed by atoms with Crippen LogP contribution in [0.3, 0.4) is 0 Å². The molecule has 0 aromatic heterocycles. The third-order valence-electron chi connectivity index (χ3n) is 6.06. The van der Waals surface area contributed by atoms with Gasteiger partial charge in [0.2, 0.25) is 0 Å². The van der Waals surface area contributed by atoms with Gasteiger partial charge in [-0.2, -0.15) is 0 Å². The summed E-state index contributed by atoms with van der Waals surface area (Å²) >= 11 is 0. The van der Waals surface area contributed by atoms with E-state index in [0.29, 0.717) is 0 Å². The van der Waals surface area contributed by atoms with Crippen molar-refractivity contribution in [3.8, 4) is 0 Å². The lowest BCUT2D eigenvalue weighted by molar-refractivity contribution is 0.128. The lowest BCUT2D eigenvalue weighted by atomic mass is 9.88. The molecule has 23 heavy (non-hydrogen) atoms. The molecule has 0 spiro atoms. The number of hydrogen-bond acceptors (Lipinski definition) is 2. The van der Waals surface area contributed by atoms with Gasteiger partial charge < -0.3 is 4.90 Å². The van der Waals surface area contributed by atoms with Crippen molar-refractivity contribution in [1.29, 1.82) is 0 Å². The predicted molar refractivity (Wildman–Crippen MR) is 102 cm³/mol. The molecule has 2 nitrogen and oxygen atoms in total. The first kappa shape index (κ1) is 19.0. The Hall–Kier alpha value is -0.340. The van der Waals surface area contributed by atoms with Crippen LogP contribution in [0.2, 0.25) is 0 Å². The van der Waals surface area contributed by atoms with Gasteiger partial charge in [0.05, 0.1) is 0 Å². The summed E-state index contributed by atoms with van der Waals surface area (Å²) in [7, 11) is 0. The van der Waals surface area contributed by atoms with Gasteiger partial charge in [0.15, 0.2) is 0 Å². The Morgan fingerprint density at radius 3 is 2.35 bits per heavy atom. The standard InChI is InChI=1S/C10H17N.C9H17N.C2H6/c1-9-5-4-8-11-7-3-2-6-10(9)11;1-8-4-5-9-3-2-6-10(9)7-8;1-2/h2,6,9-10H,3-5,7-8H2,1H3;8-9H,2-7H2,1H3;1-2H3. The zero-order valence-corrected chi connectivity index (χ0v) is 16.1. The van der Waals surface area contributed by atoms with Crippen LogP contribution in [0.1, 0.15) is 72.6 Å². The molecular formula is C21H40N2. The normalized spacial score (nSPS) is 36.9. The molecule has 3 saturated heterocycles. The zero-order chi connectivity index (χ0) is 16.7. The molecular weight excluding hydrogens is 280 g/mol. The van der Waals surface area contributed by atoms with Crippen molar-refractivity contribution in [2.45, 2.75) is 84.7 Å². The van der Waals surface area contributed by atoms with Crippen molar-refractivity contribution < 1.29 is 0 Å². The van der Waals surface area contributed by atoms with Gasteiger partial charge in [-0.25, -0.2) is 0 Å². The van der Waals surface area contributed by atoms with Gasteiger partial charge >= 0.3 is 0 Å². The van der Waals surface area contributed by atoms with E-state index in [1.807, 2.05) is 13.8 Å². The first-order valence-corrected chi connectivity index (χ1v) is 10.4. The van der Waals surface area contributed by atoms with Gasteiger partial charge in [0.25, 0.3) is 0 Å². The molecule has 4 aliphatic heterocycles. The number of hydrogen-bond donors (Lipinski definition) is 0. The SMILES string of the molecule is CC.CC1CCC2CCCN2C1.CC1CCCN2CCC=CC12. The molecule has 4 atom stereocenters. The first-order chi connectivity index (χ1) is 11.2. The molecule has 134 valence electrons. The summed E-state index contributed by atoms with van der Waals surface area (Å²) in [6, 6.07) is 1.76. The minimum atomic E-state index is 0.775. The minimum Gasteiger partial charge on any atom is -0.300 e. The Labute approximate surface area is 145 Å². The first-order valence-electron chi connectivity index (χ1n) is 10.4. The molecule has 2 heteroatoms. The van der Waals surface area contributed by atoms with E-state index >= 15 is 0 Å². The van der Waals surface area contributed by atoms with Crippen molar-refractivity contribution in [1.82, 2.24) is 9.80 Å². The van der Waals surface area contributed by atoms with E-state index < -0.39 is 0 Å². The molecule has 3 fully saturated rings. The van der Waals surface area contributed by atoms with Gasteiger partial charge in [0.1, 0.15) is 0 Å². The highest BCUT2D eigenvalue weighted by molar-refractivity contribution is 5.03. The van der Waals surface area contributed by atoms with Gasteiger partial charge in [-0.1, -0.05) is 39.8 Å². The molecule has 0 bridgehead atoms. The zero-order valence-electron chi connectivity index (χ0n) is 16.1. The second-order valence-corrected chi connectivity index (χ2v) is 7.84. The molecule has 0 radical (unpaired) electrons. The second kappa shape index (κ2) is 9.84. The summed E-state index contributed by atoms with van der Waals surface area (Å²) in [5.41, 5.74) is 0. The van der Waals surface area contributed by atoms with Gasteiger partial charge in [0, 0.05) is 25.2 Å². The molecule has 4 aliphatic rings. The van der Waals surface area contributed by atoms with E-state index in [-0.39, 0.29) is 0 Å². The van der Waals surface area contributed by atoms with Crippen LogP contribution >= 0.6 is 0 Å². The Morgan fingerprint density at radius 2 is 1.57 bits per heavy atom. The van der Waals surface area contributed by atoms with Crippen molar-refractivity contribution in [2.75, 3.05) is 26.2 Å². The fourth-order valence-corrected chi connectivity index (χ4v) is 4.78. The third-order valence-corrected chi connectivity index (χ3v) is 6.06. The highest BCUT2D eigenvalue weighted by Crippen LogP contribution is 2.29. The summed E-state index contributed by atoms with van der Waals surface area (Å²) in [6.07, 6.45) is 14.7. The summed E-state index contributed by atoms with van der Waals surface area (Å²) in [6.45, 7) is 14.2. The van der Waals surface area contributed by atoms with E-state index in [1.165, 1.54) is 71.1 Å². The van der Waals surface area contributed by atoms with Crippen molar-refractivity contribution in [3.63, 3.8) is 0 Å². The van der Waals surface area contributed by atoms with Crippen LogP contribution in [0.25, 0.3) is 0 Å². The number of fused-ring (bicyclic) bond motifs is 2. The van der Waals surface area contributed by atoms with Crippen LogP contribution < -0.4 is 0 Å². The van der Waals surface area contributed by atoms with Crippen LogP contribution in [0, 0.1) is 11.8 Å². The van der Waals surface area contributed by atoms with Crippen molar-refractivity contribution >= 4 is 0 Å². The Balaban J connectivity index is 0.000000152. The van der Waals surface area contributed by atoms with Crippen molar-refractivity contribution in [3.05, 3.63) is 12.2 Å². The van der Waals surface area contributed by atoms with E-state index in [0.717, 1.165) is 23.9 Å². The molecule has 0 N–H and O–H groups in total. The summed E-state index contributed by atoms with van der Waals surface area (Å²) < 4.78 is 0. The van der Waals surface area contributed by atoms with E-state index in [1.54, 1.807) is 0 Å². The monoisotopic (exact) mass is 320 g/mol. The quantitative estimate of drug-likeness (QED) is 0.582.